The van der Waals surface area contributed by atoms with Gasteiger partial charge in [-0.15, -0.1) is 0 Å². The number of benzene rings is 1. The molecule has 2 rings (SSSR count). The van der Waals surface area contributed by atoms with Gasteiger partial charge in [-0.3, -0.25) is 4.79 Å². The molecule has 1 fully saturated rings. The average Bonchev–Trinajstić information content (AvgIpc) is 2.37. The van der Waals surface area contributed by atoms with Crippen molar-refractivity contribution in [2.24, 2.45) is 0 Å². The van der Waals surface area contributed by atoms with Gasteiger partial charge in [0.15, 0.2) is 0 Å². The molecule has 1 aromatic carbocycles. The van der Waals surface area contributed by atoms with E-state index in [1.807, 2.05) is 25.1 Å². The molecule has 0 saturated carbocycles. The highest BCUT2D eigenvalue weighted by atomic mass is 16.5. The van der Waals surface area contributed by atoms with Crippen LogP contribution in [-0.4, -0.2) is 35.8 Å². The van der Waals surface area contributed by atoms with Gasteiger partial charge in [-0.05, 0) is 19.1 Å². The summed E-state index contributed by atoms with van der Waals surface area (Å²) >= 11 is 0. The van der Waals surface area contributed by atoms with E-state index in [0.717, 1.165) is 11.9 Å². The molecule has 1 heterocycles. The molecule has 1 saturated heterocycles. The number of ether oxygens (including phenoxy) is 1. The predicted octanol–water partition coefficient (Wildman–Crippen LogP) is 1.42. The summed E-state index contributed by atoms with van der Waals surface area (Å²) in [5, 5.41) is 0. The van der Waals surface area contributed by atoms with E-state index in [4.69, 9.17) is 4.74 Å². The molecular formula is C14H15NO3. The summed E-state index contributed by atoms with van der Waals surface area (Å²) in [6.45, 7) is 5.96. The van der Waals surface area contributed by atoms with Gasteiger partial charge in [-0.2, -0.15) is 0 Å². The standard InChI is InChI=1S/C14H15NO3/c1-10(2)8-15-12(9-16)13(14(15)17)18-11-6-4-3-5-7-11/h3-7,9,12-13H,1,8H2,2H3/t12-,13+/m0/s1. The highest BCUT2D eigenvalue weighted by molar-refractivity contribution is 5.95. The minimum atomic E-state index is -0.704. The molecule has 0 aliphatic carbocycles. The number of carbonyl (C=O) groups excluding carboxylic acids is 2. The molecule has 0 spiro atoms. The lowest BCUT2D eigenvalue weighted by Crippen LogP contribution is -2.67. The minimum Gasteiger partial charge on any atom is -0.478 e. The monoisotopic (exact) mass is 245 g/mol. The van der Waals surface area contributed by atoms with Crippen molar-refractivity contribution in [3.63, 3.8) is 0 Å². The first-order valence-corrected chi connectivity index (χ1v) is 5.75. The Morgan fingerprint density at radius 1 is 1.44 bits per heavy atom. The molecule has 2 atom stereocenters. The van der Waals surface area contributed by atoms with Crippen molar-refractivity contribution in [2.45, 2.75) is 19.1 Å². The normalized spacial score (nSPS) is 22.3. The van der Waals surface area contributed by atoms with Gasteiger partial charge in [-0.25, -0.2) is 0 Å². The fraction of sp³-hybridized carbons (Fsp3) is 0.286. The van der Waals surface area contributed by atoms with Gasteiger partial charge < -0.3 is 14.4 Å². The van der Waals surface area contributed by atoms with E-state index in [-0.39, 0.29) is 5.91 Å². The van der Waals surface area contributed by atoms with Crippen molar-refractivity contribution in [2.75, 3.05) is 6.54 Å². The summed E-state index contributed by atoms with van der Waals surface area (Å²) in [6, 6.07) is 8.50. The Labute approximate surface area is 106 Å². The second-order valence-electron chi connectivity index (χ2n) is 4.40. The van der Waals surface area contributed by atoms with Crippen molar-refractivity contribution in [1.29, 1.82) is 0 Å². The average molecular weight is 245 g/mol. The third-order valence-corrected chi connectivity index (χ3v) is 2.78. The van der Waals surface area contributed by atoms with E-state index in [0.29, 0.717) is 12.3 Å². The van der Waals surface area contributed by atoms with Crippen molar-refractivity contribution < 1.29 is 14.3 Å². The Morgan fingerprint density at radius 2 is 2.11 bits per heavy atom. The molecule has 0 bridgehead atoms. The molecule has 18 heavy (non-hydrogen) atoms. The van der Waals surface area contributed by atoms with E-state index in [9.17, 15) is 9.59 Å². The first kappa shape index (κ1) is 12.4. The van der Waals surface area contributed by atoms with Crippen LogP contribution in [0.4, 0.5) is 0 Å². The summed E-state index contributed by atoms with van der Waals surface area (Å²) in [5.74, 6) is 0.427. The quantitative estimate of drug-likeness (QED) is 0.448. The number of hydrogen-bond acceptors (Lipinski definition) is 3. The van der Waals surface area contributed by atoms with Crippen LogP contribution in [0.5, 0.6) is 5.75 Å². The molecule has 1 aromatic rings. The molecular weight excluding hydrogens is 230 g/mol. The van der Waals surface area contributed by atoms with Crippen molar-refractivity contribution in [3.8, 4) is 5.75 Å². The van der Waals surface area contributed by atoms with Crippen LogP contribution in [0.25, 0.3) is 0 Å². The minimum absolute atomic E-state index is 0.168. The molecule has 0 radical (unpaired) electrons. The summed E-state index contributed by atoms with van der Waals surface area (Å²) in [7, 11) is 0. The Bertz CT molecular complexity index is 469. The van der Waals surface area contributed by atoms with Gasteiger partial charge in [0, 0.05) is 6.54 Å². The molecule has 4 heteroatoms. The van der Waals surface area contributed by atoms with Gasteiger partial charge in [0.05, 0.1) is 0 Å². The van der Waals surface area contributed by atoms with E-state index < -0.39 is 12.1 Å². The van der Waals surface area contributed by atoms with Gasteiger partial charge in [0.2, 0.25) is 6.10 Å². The van der Waals surface area contributed by atoms with E-state index in [2.05, 4.69) is 6.58 Å². The van der Waals surface area contributed by atoms with Crippen LogP contribution in [0.2, 0.25) is 0 Å². The van der Waals surface area contributed by atoms with Crippen LogP contribution in [0.3, 0.4) is 0 Å². The Balaban J connectivity index is 2.05. The molecule has 1 amide bonds. The zero-order valence-electron chi connectivity index (χ0n) is 10.2. The zero-order valence-corrected chi connectivity index (χ0v) is 10.2. The van der Waals surface area contributed by atoms with Gasteiger partial charge >= 0.3 is 0 Å². The maximum Gasteiger partial charge on any atom is 0.267 e. The number of carbonyl (C=O) groups is 2. The first-order valence-electron chi connectivity index (χ1n) is 5.75. The van der Waals surface area contributed by atoms with Crippen LogP contribution in [0.15, 0.2) is 42.5 Å². The van der Waals surface area contributed by atoms with Crippen LogP contribution >= 0.6 is 0 Å². The number of rotatable bonds is 5. The van der Waals surface area contributed by atoms with E-state index >= 15 is 0 Å². The molecule has 0 N–H and O–H groups in total. The van der Waals surface area contributed by atoms with Crippen LogP contribution in [0, 0.1) is 0 Å². The number of β-lactam (4-membered cyclic amide) rings is 1. The second-order valence-corrected chi connectivity index (χ2v) is 4.40. The number of amides is 1. The molecule has 0 unspecified atom stereocenters. The zero-order chi connectivity index (χ0) is 13.1. The molecule has 4 nitrogen and oxygen atoms in total. The lowest BCUT2D eigenvalue weighted by atomic mass is 9.98. The van der Waals surface area contributed by atoms with Crippen molar-refractivity contribution in [1.82, 2.24) is 4.90 Å². The van der Waals surface area contributed by atoms with E-state index in [1.165, 1.54) is 4.90 Å². The summed E-state index contributed by atoms with van der Waals surface area (Å²) in [4.78, 5) is 24.4. The number of nitrogens with zero attached hydrogens (tertiary/aromatic N) is 1. The second kappa shape index (κ2) is 5.04. The number of aldehydes is 1. The highest BCUT2D eigenvalue weighted by Crippen LogP contribution is 2.24. The lowest BCUT2D eigenvalue weighted by Gasteiger charge is -2.43. The van der Waals surface area contributed by atoms with Crippen molar-refractivity contribution >= 4 is 12.2 Å². The van der Waals surface area contributed by atoms with Crippen LogP contribution in [-0.2, 0) is 9.59 Å². The largest absolute Gasteiger partial charge is 0.478 e. The highest BCUT2D eigenvalue weighted by Gasteiger charge is 2.49. The maximum absolute atomic E-state index is 11.9. The maximum atomic E-state index is 11.9. The molecule has 0 aromatic heterocycles. The third-order valence-electron chi connectivity index (χ3n) is 2.78. The van der Waals surface area contributed by atoms with Crippen LogP contribution < -0.4 is 4.74 Å². The smallest absolute Gasteiger partial charge is 0.267 e. The van der Waals surface area contributed by atoms with Crippen LogP contribution in [0.1, 0.15) is 6.92 Å². The topological polar surface area (TPSA) is 46.6 Å². The predicted molar refractivity (Wildman–Crippen MR) is 67.2 cm³/mol. The summed E-state index contributed by atoms with van der Waals surface area (Å²) in [6.07, 6.45) is 0.0436. The number of para-hydroxylation sites is 1. The summed E-state index contributed by atoms with van der Waals surface area (Å²) < 4.78 is 5.53. The van der Waals surface area contributed by atoms with Crippen molar-refractivity contribution in [3.05, 3.63) is 42.5 Å². The number of hydrogen-bond donors (Lipinski definition) is 0. The Kier molecular flexibility index (Phi) is 3.46. The SMILES string of the molecule is C=C(C)CN1C(=O)[C@H](Oc2ccccc2)[C@@H]1C=O. The molecule has 1 aliphatic heterocycles. The Hall–Kier alpha value is -2.10. The molecule has 1 aliphatic rings. The fourth-order valence-electron chi connectivity index (χ4n) is 1.92. The first-order chi connectivity index (χ1) is 8.63. The van der Waals surface area contributed by atoms with Gasteiger partial charge in [-0.1, -0.05) is 30.4 Å². The third kappa shape index (κ3) is 2.27. The van der Waals surface area contributed by atoms with E-state index in [1.54, 1.807) is 12.1 Å². The fourth-order valence-corrected chi connectivity index (χ4v) is 1.92. The summed E-state index contributed by atoms with van der Waals surface area (Å²) in [5.41, 5.74) is 0.841. The Morgan fingerprint density at radius 3 is 2.67 bits per heavy atom. The lowest BCUT2D eigenvalue weighted by molar-refractivity contribution is -0.164. The molecule has 94 valence electrons. The van der Waals surface area contributed by atoms with Gasteiger partial charge in [0.25, 0.3) is 5.91 Å². The van der Waals surface area contributed by atoms with Gasteiger partial charge in [0.1, 0.15) is 18.1 Å². The number of likely N-dealkylation sites (tertiary alicyclic amines) is 1.